The first-order valence-electron chi connectivity index (χ1n) is 5.52. The van der Waals surface area contributed by atoms with Crippen LogP contribution in [-0.4, -0.2) is 9.55 Å². The molecule has 0 aliphatic rings. The molecular formula is C13H13ClN4. The highest BCUT2D eigenvalue weighted by Gasteiger charge is 2.08. The number of nitrogens with zero attached hydrogens (tertiary/aromatic N) is 3. The summed E-state index contributed by atoms with van der Waals surface area (Å²) in [6, 6.07) is 5.78. The Balaban J connectivity index is 2.17. The summed E-state index contributed by atoms with van der Waals surface area (Å²) >= 11 is 6.03. The lowest BCUT2D eigenvalue weighted by Gasteiger charge is -2.07. The maximum Gasteiger partial charge on any atom is 0.120 e. The molecule has 0 amide bonds. The molecular weight excluding hydrogens is 248 g/mol. The molecule has 92 valence electrons. The van der Waals surface area contributed by atoms with Gasteiger partial charge in [0.25, 0.3) is 0 Å². The Morgan fingerprint density at radius 1 is 1.56 bits per heavy atom. The van der Waals surface area contributed by atoms with Crippen molar-refractivity contribution in [3.8, 4) is 6.07 Å². The minimum atomic E-state index is 0.618. The molecule has 0 bridgehead atoms. The van der Waals surface area contributed by atoms with E-state index >= 15 is 0 Å². The molecule has 0 aliphatic heterocycles. The van der Waals surface area contributed by atoms with Crippen LogP contribution in [0.15, 0.2) is 24.5 Å². The van der Waals surface area contributed by atoms with Crippen LogP contribution in [0, 0.1) is 18.3 Å². The Morgan fingerprint density at radius 2 is 2.33 bits per heavy atom. The van der Waals surface area contributed by atoms with Crippen molar-refractivity contribution < 1.29 is 0 Å². The lowest BCUT2D eigenvalue weighted by molar-refractivity contribution is 0.856. The van der Waals surface area contributed by atoms with Crippen molar-refractivity contribution in [3.63, 3.8) is 0 Å². The van der Waals surface area contributed by atoms with Gasteiger partial charge in [-0.25, -0.2) is 0 Å². The predicted octanol–water partition coefficient (Wildman–Crippen LogP) is 2.87. The molecule has 1 N–H and O–H groups in total. The van der Waals surface area contributed by atoms with Gasteiger partial charge in [-0.1, -0.05) is 11.6 Å². The van der Waals surface area contributed by atoms with Crippen molar-refractivity contribution in [1.82, 2.24) is 9.55 Å². The third-order valence-corrected chi connectivity index (χ3v) is 3.32. The minimum absolute atomic E-state index is 0.618. The normalized spacial score (nSPS) is 10.1. The summed E-state index contributed by atoms with van der Waals surface area (Å²) in [6.07, 6.45) is 3.33. The fourth-order valence-corrected chi connectivity index (χ4v) is 1.92. The molecule has 5 heteroatoms. The molecule has 0 aromatic carbocycles. The van der Waals surface area contributed by atoms with Crippen molar-refractivity contribution >= 4 is 17.3 Å². The Hall–Kier alpha value is -1.99. The number of aromatic nitrogens is 2. The zero-order chi connectivity index (χ0) is 13.1. The van der Waals surface area contributed by atoms with Crippen LogP contribution in [0.25, 0.3) is 0 Å². The first kappa shape index (κ1) is 12.5. The SMILES string of the molecule is Cc1c(CNc2cnccc2Cl)cc(C#N)n1C. The molecule has 0 radical (unpaired) electrons. The van der Waals surface area contributed by atoms with Gasteiger partial charge < -0.3 is 9.88 Å². The zero-order valence-corrected chi connectivity index (χ0v) is 11.0. The van der Waals surface area contributed by atoms with E-state index in [1.807, 2.05) is 24.6 Å². The van der Waals surface area contributed by atoms with Gasteiger partial charge >= 0.3 is 0 Å². The highest BCUT2D eigenvalue weighted by Crippen LogP contribution is 2.21. The molecule has 0 atom stereocenters. The molecule has 0 saturated heterocycles. The van der Waals surface area contributed by atoms with Crippen LogP contribution in [0.4, 0.5) is 5.69 Å². The minimum Gasteiger partial charge on any atom is -0.378 e. The second kappa shape index (κ2) is 5.11. The molecule has 0 spiro atoms. The topological polar surface area (TPSA) is 53.6 Å². The number of nitrogens with one attached hydrogen (secondary N) is 1. The summed E-state index contributed by atoms with van der Waals surface area (Å²) in [6.45, 7) is 2.61. The second-order valence-electron chi connectivity index (χ2n) is 4.02. The monoisotopic (exact) mass is 260 g/mol. The van der Waals surface area contributed by atoms with Crippen molar-refractivity contribution in [2.24, 2.45) is 7.05 Å². The average Bonchev–Trinajstić information content (AvgIpc) is 2.65. The summed E-state index contributed by atoms with van der Waals surface area (Å²) in [5.74, 6) is 0. The van der Waals surface area contributed by atoms with Crippen molar-refractivity contribution in [2.45, 2.75) is 13.5 Å². The van der Waals surface area contributed by atoms with E-state index in [-0.39, 0.29) is 0 Å². The van der Waals surface area contributed by atoms with Crippen molar-refractivity contribution in [2.75, 3.05) is 5.32 Å². The number of nitriles is 1. The summed E-state index contributed by atoms with van der Waals surface area (Å²) in [4.78, 5) is 4.01. The van der Waals surface area contributed by atoms with E-state index in [9.17, 15) is 0 Å². The fraction of sp³-hybridized carbons (Fsp3) is 0.231. The molecule has 0 saturated carbocycles. The van der Waals surface area contributed by atoms with Gasteiger partial charge in [0, 0.05) is 25.5 Å². The quantitative estimate of drug-likeness (QED) is 0.923. The van der Waals surface area contributed by atoms with Crippen LogP contribution >= 0.6 is 11.6 Å². The second-order valence-corrected chi connectivity index (χ2v) is 4.43. The number of hydrogen-bond donors (Lipinski definition) is 1. The van der Waals surface area contributed by atoms with Gasteiger partial charge in [-0.15, -0.1) is 0 Å². The van der Waals surface area contributed by atoms with E-state index in [1.165, 1.54) is 0 Å². The van der Waals surface area contributed by atoms with E-state index in [4.69, 9.17) is 16.9 Å². The molecule has 2 heterocycles. The van der Waals surface area contributed by atoms with E-state index in [0.717, 1.165) is 16.9 Å². The molecule has 0 aliphatic carbocycles. The maximum atomic E-state index is 8.96. The van der Waals surface area contributed by atoms with E-state index in [2.05, 4.69) is 16.4 Å². The van der Waals surface area contributed by atoms with Gasteiger partial charge in [-0.2, -0.15) is 5.26 Å². The molecule has 4 nitrogen and oxygen atoms in total. The zero-order valence-electron chi connectivity index (χ0n) is 10.2. The lowest BCUT2D eigenvalue weighted by atomic mass is 10.2. The third kappa shape index (κ3) is 2.31. The number of rotatable bonds is 3. The first-order valence-corrected chi connectivity index (χ1v) is 5.90. The molecule has 18 heavy (non-hydrogen) atoms. The Morgan fingerprint density at radius 3 is 2.94 bits per heavy atom. The van der Waals surface area contributed by atoms with Crippen LogP contribution in [0.5, 0.6) is 0 Å². The van der Waals surface area contributed by atoms with Crippen LogP contribution in [0.1, 0.15) is 17.0 Å². The van der Waals surface area contributed by atoms with Gasteiger partial charge in [-0.05, 0) is 24.6 Å². The Labute approximate surface area is 111 Å². The van der Waals surface area contributed by atoms with Crippen LogP contribution in [0.3, 0.4) is 0 Å². The molecule has 2 aromatic rings. The highest BCUT2D eigenvalue weighted by molar-refractivity contribution is 6.33. The highest BCUT2D eigenvalue weighted by atomic mass is 35.5. The Kier molecular flexibility index (Phi) is 3.54. The number of pyridine rings is 1. The summed E-state index contributed by atoms with van der Waals surface area (Å²) < 4.78 is 1.88. The largest absolute Gasteiger partial charge is 0.378 e. The number of anilines is 1. The van der Waals surface area contributed by atoms with Crippen molar-refractivity contribution in [1.29, 1.82) is 5.26 Å². The summed E-state index contributed by atoms with van der Waals surface area (Å²) in [5, 5.41) is 12.8. The van der Waals surface area contributed by atoms with Gasteiger partial charge in [0.1, 0.15) is 11.8 Å². The first-order chi connectivity index (χ1) is 8.63. The molecule has 0 fully saturated rings. The molecule has 2 aromatic heterocycles. The third-order valence-electron chi connectivity index (χ3n) is 2.99. The fourth-order valence-electron chi connectivity index (χ4n) is 1.75. The summed E-state index contributed by atoms with van der Waals surface area (Å²) in [7, 11) is 1.88. The van der Waals surface area contributed by atoms with Crippen LogP contribution < -0.4 is 5.32 Å². The average molecular weight is 261 g/mol. The van der Waals surface area contributed by atoms with Gasteiger partial charge in [0.15, 0.2) is 0 Å². The van der Waals surface area contributed by atoms with Crippen LogP contribution in [-0.2, 0) is 13.6 Å². The standard InChI is InChI=1S/C13H13ClN4/c1-9-10(5-11(6-15)18(9)2)7-17-13-8-16-4-3-12(13)14/h3-5,8,17H,7H2,1-2H3. The van der Waals surface area contributed by atoms with Crippen LogP contribution in [0.2, 0.25) is 5.02 Å². The molecule has 2 rings (SSSR count). The Bertz CT molecular complexity index is 610. The number of halogens is 1. The van der Waals surface area contributed by atoms with Gasteiger partial charge in [-0.3, -0.25) is 4.98 Å². The van der Waals surface area contributed by atoms with E-state index in [1.54, 1.807) is 18.5 Å². The smallest absolute Gasteiger partial charge is 0.120 e. The van der Waals surface area contributed by atoms with Gasteiger partial charge in [0.05, 0.1) is 16.9 Å². The predicted molar refractivity (Wildman–Crippen MR) is 71.4 cm³/mol. The van der Waals surface area contributed by atoms with E-state index in [0.29, 0.717) is 17.3 Å². The summed E-state index contributed by atoms with van der Waals surface area (Å²) in [5.41, 5.74) is 3.59. The molecule has 0 unspecified atom stereocenters. The van der Waals surface area contributed by atoms with E-state index < -0.39 is 0 Å². The maximum absolute atomic E-state index is 8.96. The van der Waals surface area contributed by atoms with Crippen molar-refractivity contribution in [3.05, 3.63) is 46.5 Å². The van der Waals surface area contributed by atoms with Gasteiger partial charge in [0.2, 0.25) is 0 Å². The number of hydrogen-bond acceptors (Lipinski definition) is 3. The lowest BCUT2D eigenvalue weighted by Crippen LogP contribution is -2.02.